The number of carbonyl (C=O) groups excluding carboxylic acids is 3. The van der Waals surface area contributed by atoms with Crippen molar-refractivity contribution in [1.29, 1.82) is 0 Å². The number of carbonyl (C=O) groups is 3. The summed E-state index contributed by atoms with van der Waals surface area (Å²) in [6.07, 6.45) is 2.38. The number of ether oxygens (including phenoxy) is 1. The highest BCUT2D eigenvalue weighted by molar-refractivity contribution is 6.16. The van der Waals surface area contributed by atoms with Gasteiger partial charge in [0.05, 0.1) is 23.4 Å². The SMILES string of the molecule is CCCOC(=O)c1cccc(N2C(=O)C(O)=C(C(=O)CC)C2c2ccccn2)c1. The minimum absolute atomic E-state index is 0.00941. The molecule has 1 aromatic carbocycles. The van der Waals surface area contributed by atoms with E-state index in [2.05, 4.69) is 4.98 Å². The molecule has 7 nitrogen and oxygen atoms in total. The van der Waals surface area contributed by atoms with Crippen LogP contribution in [0.4, 0.5) is 5.69 Å². The van der Waals surface area contributed by atoms with E-state index in [9.17, 15) is 19.5 Å². The van der Waals surface area contributed by atoms with E-state index in [4.69, 9.17) is 4.74 Å². The molecular weight excluding hydrogens is 372 g/mol. The first-order valence-corrected chi connectivity index (χ1v) is 9.47. The lowest BCUT2D eigenvalue weighted by molar-refractivity contribution is -0.118. The maximum atomic E-state index is 12.9. The minimum Gasteiger partial charge on any atom is -0.503 e. The number of benzene rings is 1. The van der Waals surface area contributed by atoms with Crippen molar-refractivity contribution in [2.75, 3.05) is 11.5 Å². The number of aromatic nitrogens is 1. The Morgan fingerprint density at radius 3 is 2.62 bits per heavy atom. The number of rotatable bonds is 7. The number of hydrogen-bond donors (Lipinski definition) is 1. The van der Waals surface area contributed by atoms with Crippen LogP contribution in [-0.4, -0.2) is 34.4 Å². The van der Waals surface area contributed by atoms with Crippen LogP contribution < -0.4 is 4.90 Å². The first-order chi connectivity index (χ1) is 14.0. The third-order valence-electron chi connectivity index (χ3n) is 4.59. The zero-order valence-corrected chi connectivity index (χ0v) is 16.3. The molecule has 2 heterocycles. The van der Waals surface area contributed by atoms with Crippen LogP contribution in [0.5, 0.6) is 0 Å². The Hall–Kier alpha value is -3.48. The molecule has 29 heavy (non-hydrogen) atoms. The van der Waals surface area contributed by atoms with Crippen LogP contribution in [0.2, 0.25) is 0 Å². The lowest BCUT2D eigenvalue weighted by atomic mass is 9.98. The van der Waals surface area contributed by atoms with Crippen molar-refractivity contribution < 1.29 is 24.2 Å². The van der Waals surface area contributed by atoms with Gasteiger partial charge in [-0.2, -0.15) is 0 Å². The first kappa shape index (κ1) is 20.3. The molecule has 3 rings (SSSR count). The molecule has 0 fully saturated rings. The molecule has 2 aromatic rings. The summed E-state index contributed by atoms with van der Waals surface area (Å²) in [5, 5.41) is 10.5. The van der Waals surface area contributed by atoms with Gasteiger partial charge in [0.25, 0.3) is 5.91 Å². The van der Waals surface area contributed by atoms with Gasteiger partial charge in [0.15, 0.2) is 11.5 Å². The van der Waals surface area contributed by atoms with Crippen molar-refractivity contribution in [3.8, 4) is 0 Å². The van der Waals surface area contributed by atoms with Gasteiger partial charge in [0, 0.05) is 18.3 Å². The molecule has 1 N–H and O–H groups in total. The number of hydrogen-bond acceptors (Lipinski definition) is 6. The van der Waals surface area contributed by atoms with Crippen molar-refractivity contribution in [3.63, 3.8) is 0 Å². The Kier molecular flexibility index (Phi) is 6.07. The molecule has 1 unspecified atom stereocenters. The highest BCUT2D eigenvalue weighted by Gasteiger charge is 2.44. The van der Waals surface area contributed by atoms with E-state index in [1.54, 1.807) is 49.5 Å². The summed E-state index contributed by atoms with van der Waals surface area (Å²) in [6.45, 7) is 3.85. The number of anilines is 1. The Morgan fingerprint density at radius 2 is 1.97 bits per heavy atom. The molecule has 0 bridgehead atoms. The largest absolute Gasteiger partial charge is 0.503 e. The van der Waals surface area contributed by atoms with Gasteiger partial charge >= 0.3 is 5.97 Å². The predicted octanol–water partition coefficient (Wildman–Crippen LogP) is 3.53. The highest BCUT2D eigenvalue weighted by Crippen LogP contribution is 2.40. The van der Waals surface area contributed by atoms with Gasteiger partial charge < -0.3 is 9.84 Å². The van der Waals surface area contributed by atoms with Crippen LogP contribution in [0.1, 0.15) is 48.8 Å². The van der Waals surface area contributed by atoms with E-state index in [1.807, 2.05) is 6.92 Å². The summed E-state index contributed by atoms with van der Waals surface area (Å²) in [7, 11) is 0. The average Bonchev–Trinajstić information content (AvgIpc) is 3.03. The monoisotopic (exact) mass is 394 g/mol. The zero-order valence-electron chi connectivity index (χ0n) is 16.3. The summed E-state index contributed by atoms with van der Waals surface area (Å²) < 4.78 is 5.16. The van der Waals surface area contributed by atoms with E-state index in [0.717, 1.165) is 0 Å². The Labute approximate surface area is 168 Å². The van der Waals surface area contributed by atoms with Crippen LogP contribution >= 0.6 is 0 Å². The fourth-order valence-electron chi connectivity index (χ4n) is 3.23. The third kappa shape index (κ3) is 3.89. The van der Waals surface area contributed by atoms with Crippen LogP contribution in [-0.2, 0) is 14.3 Å². The molecular formula is C22H22N2O5. The van der Waals surface area contributed by atoms with E-state index in [0.29, 0.717) is 24.4 Å². The van der Waals surface area contributed by atoms with E-state index < -0.39 is 23.7 Å². The molecule has 0 saturated carbocycles. The van der Waals surface area contributed by atoms with Gasteiger partial charge in [0.1, 0.15) is 6.04 Å². The van der Waals surface area contributed by atoms with Crippen LogP contribution in [0.15, 0.2) is 60.0 Å². The highest BCUT2D eigenvalue weighted by atomic mass is 16.5. The molecule has 1 aliphatic rings. The molecule has 0 radical (unpaired) electrons. The molecule has 0 aliphatic carbocycles. The lowest BCUT2D eigenvalue weighted by Gasteiger charge is -2.26. The predicted molar refractivity (Wildman–Crippen MR) is 106 cm³/mol. The van der Waals surface area contributed by atoms with Gasteiger partial charge in [-0.1, -0.05) is 26.0 Å². The number of nitrogens with zero attached hydrogens (tertiary/aromatic N) is 2. The van der Waals surface area contributed by atoms with Gasteiger partial charge in [-0.3, -0.25) is 19.5 Å². The van der Waals surface area contributed by atoms with Crippen molar-refractivity contribution >= 4 is 23.3 Å². The van der Waals surface area contributed by atoms with Crippen molar-refractivity contribution in [2.45, 2.75) is 32.7 Å². The zero-order chi connectivity index (χ0) is 21.0. The van der Waals surface area contributed by atoms with Crippen molar-refractivity contribution in [3.05, 3.63) is 71.3 Å². The lowest BCUT2D eigenvalue weighted by Crippen LogP contribution is -2.31. The second kappa shape index (κ2) is 8.68. The van der Waals surface area contributed by atoms with Crippen LogP contribution in [0, 0.1) is 0 Å². The maximum absolute atomic E-state index is 12.9. The first-order valence-electron chi connectivity index (χ1n) is 9.47. The topological polar surface area (TPSA) is 96.8 Å². The Morgan fingerprint density at radius 1 is 1.17 bits per heavy atom. The second-order valence-electron chi connectivity index (χ2n) is 6.56. The fourth-order valence-corrected chi connectivity index (χ4v) is 3.23. The molecule has 0 spiro atoms. The standard InChI is InChI=1S/C22H22N2O5/c1-3-12-29-22(28)14-8-7-9-15(13-14)24-19(16-10-5-6-11-23-16)18(17(25)4-2)20(26)21(24)27/h5-11,13,19,26H,3-4,12H2,1-2H3. The van der Waals surface area contributed by atoms with Gasteiger partial charge in [-0.25, -0.2) is 4.79 Å². The maximum Gasteiger partial charge on any atom is 0.338 e. The molecule has 7 heteroatoms. The molecule has 1 aliphatic heterocycles. The number of pyridine rings is 1. The number of aliphatic hydroxyl groups excluding tert-OH is 1. The summed E-state index contributed by atoms with van der Waals surface area (Å²) >= 11 is 0. The quantitative estimate of drug-likeness (QED) is 0.722. The smallest absolute Gasteiger partial charge is 0.338 e. The van der Waals surface area contributed by atoms with Crippen LogP contribution in [0.3, 0.4) is 0 Å². The summed E-state index contributed by atoms with van der Waals surface area (Å²) in [4.78, 5) is 43.2. The average molecular weight is 394 g/mol. The van der Waals surface area contributed by atoms with Crippen molar-refractivity contribution in [2.24, 2.45) is 0 Å². The second-order valence-corrected chi connectivity index (χ2v) is 6.56. The summed E-state index contributed by atoms with van der Waals surface area (Å²) in [5.74, 6) is -2.15. The molecule has 1 amide bonds. The van der Waals surface area contributed by atoms with Crippen LogP contribution in [0.25, 0.3) is 0 Å². The number of Topliss-reactive ketones (excluding diaryl/α,β-unsaturated/α-hetero) is 1. The van der Waals surface area contributed by atoms with Gasteiger partial charge in [-0.05, 0) is 36.8 Å². The number of ketones is 1. The Balaban J connectivity index is 2.07. The summed E-state index contributed by atoms with van der Waals surface area (Å²) in [6, 6.07) is 10.6. The third-order valence-corrected chi connectivity index (χ3v) is 4.59. The summed E-state index contributed by atoms with van der Waals surface area (Å²) in [5.41, 5.74) is 1.09. The number of amides is 1. The van der Waals surface area contributed by atoms with Gasteiger partial charge in [-0.15, -0.1) is 0 Å². The number of aliphatic hydroxyl groups is 1. The number of esters is 1. The van der Waals surface area contributed by atoms with Gasteiger partial charge in [0.2, 0.25) is 0 Å². The Bertz CT molecular complexity index is 968. The molecule has 1 atom stereocenters. The van der Waals surface area contributed by atoms with Crippen molar-refractivity contribution in [1.82, 2.24) is 4.98 Å². The fraction of sp³-hybridized carbons (Fsp3) is 0.273. The minimum atomic E-state index is -0.877. The normalized spacial score (nSPS) is 16.3. The molecule has 1 aromatic heterocycles. The molecule has 0 saturated heterocycles. The molecule has 150 valence electrons. The van der Waals surface area contributed by atoms with E-state index in [-0.39, 0.29) is 23.3 Å². The van der Waals surface area contributed by atoms with E-state index in [1.165, 1.54) is 11.0 Å². The van der Waals surface area contributed by atoms with E-state index >= 15 is 0 Å².